The fourth-order valence-corrected chi connectivity index (χ4v) is 2.26. The quantitative estimate of drug-likeness (QED) is 0.596. The largest absolute Gasteiger partial charge is 0.484 e. The molecule has 8 nitrogen and oxygen atoms in total. The van der Waals surface area contributed by atoms with Crippen LogP contribution in [0.5, 0.6) is 5.75 Å². The molecule has 0 bridgehead atoms. The molecular weight excluding hydrogens is 374 g/mol. The van der Waals surface area contributed by atoms with Gasteiger partial charge in [-0.1, -0.05) is 29.8 Å². The van der Waals surface area contributed by atoms with E-state index in [0.29, 0.717) is 16.4 Å². The van der Waals surface area contributed by atoms with E-state index in [1.165, 1.54) is 6.07 Å². The summed E-state index contributed by atoms with van der Waals surface area (Å²) in [5.74, 6) is -0.936. The van der Waals surface area contributed by atoms with Gasteiger partial charge < -0.3 is 9.15 Å². The van der Waals surface area contributed by atoms with Crippen LogP contribution in [0.1, 0.15) is 10.6 Å². The number of hydrogen-bond acceptors (Lipinski definition) is 5. The molecule has 0 spiro atoms. The molecule has 3 aromatic rings. The first-order valence-electron chi connectivity index (χ1n) is 7.78. The van der Waals surface area contributed by atoms with E-state index < -0.39 is 17.8 Å². The number of nitrogens with one attached hydrogen (secondary N) is 3. The van der Waals surface area contributed by atoms with Gasteiger partial charge in [0.2, 0.25) is 0 Å². The molecule has 0 fully saturated rings. The number of hydrogen-bond donors (Lipinski definition) is 3. The van der Waals surface area contributed by atoms with Crippen LogP contribution < -0.4 is 20.9 Å². The Labute approximate surface area is 158 Å². The lowest BCUT2D eigenvalue weighted by Gasteiger charge is -2.09. The summed E-state index contributed by atoms with van der Waals surface area (Å²) in [4.78, 5) is 35.3. The standard InChI is InChI=1S/C18H14ClN3O5/c19-12-5-7-13(8-6-12)26-10-16(23)21-22-18(25)20-17(24)15-9-11-3-1-2-4-14(11)27-15/h1-9H,10H2,(H,21,23)(H2,20,22,24,25). The van der Waals surface area contributed by atoms with Crippen molar-refractivity contribution in [1.29, 1.82) is 0 Å². The molecule has 0 aliphatic heterocycles. The van der Waals surface area contributed by atoms with Crippen molar-refractivity contribution in [3.8, 4) is 5.75 Å². The van der Waals surface area contributed by atoms with Gasteiger partial charge in [-0.3, -0.25) is 20.3 Å². The number of furan rings is 1. The van der Waals surface area contributed by atoms with Crippen LogP contribution in [-0.2, 0) is 4.79 Å². The zero-order valence-electron chi connectivity index (χ0n) is 13.8. The zero-order valence-corrected chi connectivity index (χ0v) is 14.6. The van der Waals surface area contributed by atoms with E-state index in [1.54, 1.807) is 48.5 Å². The minimum Gasteiger partial charge on any atom is -0.484 e. The van der Waals surface area contributed by atoms with Crippen molar-refractivity contribution in [3.05, 3.63) is 65.4 Å². The van der Waals surface area contributed by atoms with Gasteiger partial charge in [0.15, 0.2) is 12.4 Å². The van der Waals surface area contributed by atoms with Crippen LogP contribution in [0, 0.1) is 0 Å². The number of benzene rings is 2. The SMILES string of the molecule is O=C(COc1ccc(Cl)cc1)NNC(=O)NC(=O)c1cc2ccccc2o1. The van der Waals surface area contributed by atoms with Gasteiger partial charge >= 0.3 is 6.03 Å². The van der Waals surface area contributed by atoms with Gasteiger partial charge in [0.05, 0.1) is 0 Å². The van der Waals surface area contributed by atoms with Crippen LogP contribution in [0.3, 0.4) is 0 Å². The summed E-state index contributed by atoms with van der Waals surface area (Å²) >= 11 is 5.74. The molecule has 4 amide bonds. The average Bonchev–Trinajstić information content (AvgIpc) is 3.10. The normalized spacial score (nSPS) is 10.3. The molecule has 1 aromatic heterocycles. The number of para-hydroxylation sites is 1. The summed E-state index contributed by atoms with van der Waals surface area (Å²) in [6.45, 7) is -0.334. The Morgan fingerprint density at radius 1 is 1.00 bits per heavy atom. The maximum Gasteiger partial charge on any atom is 0.340 e. The number of hydrazine groups is 1. The molecule has 27 heavy (non-hydrogen) atoms. The first-order valence-corrected chi connectivity index (χ1v) is 8.16. The molecule has 0 aliphatic carbocycles. The van der Waals surface area contributed by atoms with Crippen LogP contribution >= 0.6 is 11.6 Å². The molecule has 0 aliphatic rings. The Hall–Kier alpha value is -3.52. The van der Waals surface area contributed by atoms with Crippen LogP contribution in [-0.4, -0.2) is 24.5 Å². The van der Waals surface area contributed by atoms with Crippen molar-refractivity contribution in [2.24, 2.45) is 0 Å². The van der Waals surface area contributed by atoms with Gasteiger partial charge in [0, 0.05) is 10.4 Å². The number of amides is 4. The minimum atomic E-state index is -0.916. The van der Waals surface area contributed by atoms with E-state index in [4.69, 9.17) is 20.8 Å². The molecule has 0 unspecified atom stereocenters. The Morgan fingerprint density at radius 3 is 2.48 bits per heavy atom. The topological polar surface area (TPSA) is 110 Å². The molecule has 3 N–H and O–H groups in total. The van der Waals surface area contributed by atoms with E-state index in [0.717, 1.165) is 5.39 Å². The third-order valence-electron chi connectivity index (χ3n) is 3.38. The van der Waals surface area contributed by atoms with E-state index >= 15 is 0 Å². The predicted molar refractivity (Wildman–Crippen MR) is 97.3 cm³/mol. The van der Waals surface area contributed by atoms with Gasteiger partial charge in [-0.2, -0.15) is 0 Å². The van der Waals surface area contributed by atoms with E-state index in [2.05, 4.69) is 5.43 Å². The van der Waals surface area contributed by atoms with E-state index in [-0.39, 0.29) is 12.4 Å². The molecule has 0 radical (unpaired) electrons. The number of imide groups is 1. The smallest absolute Gasteiger partial charge is 0.340 e. The van der Waals surface area contributed by atoms with Gasteiger partial charge in [-0.15, -0.1) is 0 Å². The Morgan fingerprint density at radius 2 is 1.74 bits per heavy atom. The lowest BCUT2D eigenvalue weighted by molar-refractivity contribution is -0.123. The predicted octanol–water partition coefficient (Wildman–Crippen LogP) is 2.64. The molecule has 138 valence electrons. The monoisotopic (exact) mass is 387 g/mol. The fraction of sp³-hybridized carbons (Fsp3) is 0.0556. The number of carbonyl (C=O) groups excluding carboxylic acids is 3. The molecule has 2 aromatic carbocycles. The highest BCUT2D eigenvalue weighted by molar-refractivity contribution is 6.30. The lowest BCUT2D eigenvalue weighted by Crippen LogP contribution is -2.49. The molecule has 9 heteroatoms. The maximum absolute atomic E-state index is 12.0. The van der Waals surface area contributed by atoms with Crippen molar-refractivity contribution in [1.82, 2.24) is 16.2 Å². The summed E-state index contributed by atoms with van der Waals surface area (Å²) < 4.78 is 10.6. The molecular formula is C18H14ClN3O5. The number of ether oxygens (including phenoxy) is 1. The van der Waals surface area contributed by atoms with Crippen molar-refractivity contribution >= 4 is 40.4 Å². The van der Waals surface area contributed by atoms with Crippen LogP contribution in [0.15, 0.2) is 59.0 Å². The van der Waals surface area contributed by atoms with Crippen molar-refractivity contribution in [2.75, 3.05) is 6.61 Å². The zero-order chi connectivity index (χ0) is 19.2. The highest BCUT2D eigenvalue weighted by atomic mass is 35.5. The van der Waals surface area contributed by atoms with Crippen LogP contribution in [0.4, 0.5) is 4.79 Å². The second kappa shape index (κ2) is 8.24. The Balaban J connectivity index is 1.43. The van der Waals surface area contributed by atoms with Crippen molar-refractivity contribution in [2.45, 2.75) is 0 Å². The van der Waals surface area contributed by atoms with Gasteiger partial charge in [0.25, 0.3) is 11.8 Å². The third-order valence-corrected chi connectivity index (χ3v) is 3.63. The lowest BCUT2D eigenvalue weighted by atomic mass is 10.2. The van der Waals surface area contributed by atoms with Crippen LogP contribution in [0.25, 0.3) is 11.0 Å². The molecule has 3 rings (SSSR count). The van der Waals surface area contributed by atoms with Crippen molar-refractivity contribution in [3.63, 3.8) is 0 Å². The Bertz CT molecular complexity index is 951. The highest BCUT2D eigenvalue weighted by Gasteiger charge is 2.15. The molecule has 0 saturated heterocycles. The van der Waals surface area contributed by atoms with Gasteiger partial charge in [-0.05, 0) is 36.4 Å². The molecule has 0 saturated carbocycles. The van der Waals surface area contributed by atoms with E-state index in [9.17, 15) is 14.4 Å². The maximum atomic E-state index is 12.0. The van der Waals surface area contributed by atoms with Crippen molar-refractivity contribution < 1.29 is 23.5 Å². The summed E-state index contributed by atoms with van der Waals surface area (Å²) in [5.41, 5.74) is 4.69. The van der Waals surface area contributed by atoms with Gasteiger partial charge in [-0.25, -0.2) is 10.2 Å². The minimum absolute atomic E-state index is 0.0243. The second-order valence-electron chi connectivity index (χ2n) is 5.35. The number of urea groups is 1. The third kappa shape index (κ3) is 4.99. The summed E-state index contributed by atoms with van der Waals surface area (Å²) in [7, 11) is 0. The second-order valence-corrected chi connectivity index (χ2v) is 5.78. The summed E-state index contributed by atoms with van der Waals surface area (Å²) in [6.07, 6.45) is 0. The first kappa shape index (κ1) is 18.3. The van der Waals surface area contributed by atoms with Crippen LogP contribution in [0.2, 0.25) is 5.02 Å². The number of carbonyl (C=O) groups is 3. The summed E-state index contributed by atoms with van der Waals surface area (Å²) in [5, 5.41) is 3.31. The molecule has 0 atom stereocenters. The number of rotatable bonds is 4. The average molecular weight is 388 g/mol. The first-order chi connectivity index (χ1) is 13.0. The highest BCUT2D eigenvalue weighted by Crippen LogP contribution is 2.18. The Kier molecular flexibility index (Phi) is 5.58. The van der Waals surface area contributed by atoms with E-state index in [1.807, 2.05) is 10.7 Å². The molecule has 1 heterocycles. The number of fused-ring (bicyclic) bond motifs is 1. The fourth-order valence-electron chi connectivity index (χ4n) is 2.13. The van der Waals surface area contributed by atoms with Gasteiger partial charge in [0.1, 0.15) is 11.3 Å². The summed E-state index contributed by atoms with van der Waals surface area (Å²) in [6, 6.07) is 14.1. The number of halogens is 1.